The Kier molecular flexibility index (Phi) is 7.30. The maximum absolute atomic E-state index is 12.1. The molecule has 2 rings (SSSR count). The monoisotopic (exact) mass is 396 g/mol. The number of carbonyl (C=O) groups excluding carboxylic acids is 4. The highest BCUT2D eigenvalue weighted by Crippen LogP contribution is 2.18. The fourth-order valence-corrected chi connectivity index (χ4v) is 3.02. The van der Waals surface area contributed by atoms with E-state index in [2.05, 4.69) is 9.47 Å². The first-order valence-electron chi connectivity index (χ1n) is 8.75. The highest BCUT2D eigenvalue weighted by atomic mass is 16.8. The molecule has 10 nitrogen and oxygen atoms in total. The summed E-state index contributed by atoms with van der Waals surface area (Å²) in [6.45, 7) is 4.30. The van der Waals surface area contributed by atoms with Crippen LogP contribution >= 0.6 is 0 Å². The fraction of sp³-hybridized carbons (Fsp3) is 0.556. The Morgan fingerprint density at radius 1 is 0.786 bits per heavy atom. The minimum Gasteiger partial charge on any atom is -0.466 e. The zero-order chi connectivity index (χ0) is 20.8. The van der Waals surface area contributed by atoms with Crippen molar-refractivity contribution in [2.75, 3.05) is 40.4 Å². The van der Waals surface area contributed by atoms with E-state index in [1.165, 1.54) is 24.3 Å². The maximum Gasteiger partial charge on any atom is 0.438 e. The second-order valence-corrected chi connectivity index (χ2v) is 6.72. The molecule has 10 heteroatoms. The highest BCUT2D eigenvalue weighted by Gasteiger charge is 2.31. The van der Waals surface area contributed by atoms with Crippen molar-refractivity contribution in [3.05, 3.63) is 23.3 Å². The van der Waals surface area contributed by atoms with Crippen LogP contribution in [0.25, 0.3) is 0 Å². The van der Waals surface area contributed by atoms with Gasteiger partial charge in [0.1, 0.15) is 0 Å². The molecule has 0 fully saturated rings. The van der Waals surface area contributed by atoms with E-state index in [1.807, 2.05) is 13.8 Å². The van der Waals surface area contributed by atoms with Crippen LogP contribution in [0.4, 0.5) is 0 Å². The van der Waals surface area contributed by atoms with E-state index in [9.17, 15) is 19.2 Å². The Hall–Kier alpha value is -2.72. The maximum atomic E-state index is 12.1. The summed E-state index contributed by atoms with van der Waals surface area (Å²) in [5.74, 6) is -3.66. The fourth-order valence-electron chi connectivity index (χ4n) is 3.02. The minimum absolute atomic E-state index is 0.00596. The number of ether oxygens (including phenoxy) is 2. The van der Waals surface area contributed by atoms with Crippen molar-refractivity contribution < 1.29 is 38.3 Å². The second kappa shape index (κ2) is 9.47. The number of rotatable bonds is 4. The Morgan fingerprint density at radius 3 is 1.46 bits per heavy atom. The van der Waals surface area contributed by atoms with Gasteiger partial charge in [0, 0.05) is 13.1 Å². The summed E-state index contributed by atoms with van der Waals surface area (Å²) in [6.07, 6.45) is 3.45. The van der Waals surface area contributed by atoms with Gasteiger partial charge in [0.05, 0.1) is 38.5 Å². The van der Waals surface area contributed by atoms with Gasteiger partial charge in [-0.3, -0.25) is 0 Å². The summed E-state index contributed by atoms with van der Waals surface area (Å²) in [4.78, 5) is 57.6. The summed E-state index contributed by atoms with van der Waals surface area (Å²) < 4.78 is 9.34. The molecule has 0 N–H and O–H groups in total. The largest absolute Gasteiger partial charge is 0.466 e. The van der Waals surface area contributed by atoms with Crippen molar-refractivity contribution in [1.29, 1.82) is 0 Å². The van der Waals surface area contributed by atoms with Gasteiger partial charge in [-0.25, -0.2) is 19.2 Å². The van der Waals surface area contributed by atoms with E-state index in [0.717, 1.165) is 0 Å². The average Bonchev–Trinajstić information content (AvgIpc) is 2.65. The second-order valence-electron chi connectivity index (χ2n) is 6.72. The SMILES string of the molecule is COC(=O)C1=C[C@H](C)CN(OC(=O)C(=O)ON2CC(C(=O)OC)=C[C@H](C)C2)C1. The van der Waals surface area contributed by atoms with Gasteiger partial charge in [0.25, 0.3) is 0 Å². The summed E-state index contributed by atoms with van der Waals surface area (Å²) in [5.41, 5.74) is 0.667. The Labute approximate surface area is 162 Å². The first kappa shape index (κ1) is 21.6. The molecule has 28 heavy (non-hydrogen) atoms. The van der Waals surface area contributed by atoms with Crippen molar-refractivity contribution in [2.24, 2.45) is 11.8 Å². The van der Waals surface area contributed by atoms with E-state index in [-0.39, 0.29) is 24.9 Å². The molecule has 0 bridgehead atoms. The van der Waals surface area contributed by atoms with Crippen LogP contribution in [0.3, 0.4) is 0 Å². The van der Waals surface area contributed by atoms with Gasteiger partial charge in [-0.1, -0.05) is 26.0 Å². The lowest BCUT2D eigenvalue weighted by Gasteiger charge is -2.29. The lowest BCUT2D eigenvalue weighted by molar-refractivity contribution is -0.219. The number of nitrogens with zero attached hydrogens (tertiary/aromatic N) is 2. The summed E-state index contributed by atoms with van der Waals surface area (Å²) in [6, 6.07) is 0. The minimum atomic E-state index is -1.22. The molecule has 0 aromatic rings. The number of hydrogen-bond acceptors (Lipinski definition) is 10. The number of carbonyl (C=O) groups is 4. The lowest BCUT2D eigenvalue weighted by atomic mass is 10.0. The van der Waals surface area contributed by atoms with Crippen LogP contribution in [0.5, 0.6) is 0 Å². The van der Waals surface area contributed by atoms with Crippen molar-refractivity contribution in [3.8, 4) is 0 Å². The quantitative estimate of drug-likeness (QED) is 0.476. The van der Waals surface area contributed by atoms with Crippen LogP contribution in [0.1, 0.15) is 13.8 Å². The van der Waals surface area contributed by atoms with Gasteiger partial charge < -0.3 is 19.1 Å². The zero-order valence-electron chi connectivity index (χ0n) is 16.3. The van der Waals surface area contributed by atoms with Crippen LogP contribution in [0.15, 0.2) is 23.3 Å². The number of methoxy groups -OCH3 is 2. The highest BCUT2D eigenvalue weighted by molar-refractivity contribution is 6.29. The van der Waals surface area contributed by atoms with Gasteiger partial charge in [0.2, 0.25) is 0 Å². The number of hydroxylamine groups is 4. The summed E-state index contributed by atoms with van der Waals surface area (Å²) >= 11 is 0. The molecule has 0 radical (unpaired) electrons. The Morgan fingerprint density at radius 2 is 1.14 bits per heavy atom. The third-order valence-corrected chi connectivity index (χ3v) is 4.13. The molecule has 0 saturated heterocycles. The molecule has 0 unspecified atom stereocenters. The van der Waals surface area contributed by atoms with Crippen LogP contribution in [-0.4, -0.2) is 74.4 Å². The van der Waals surface area contributed by atoms with Crippen LogP contribution < -0.4 is 0 Å². The van der Waals surface area contributed by atoms with Crippen LogP contribution in [0, 0.1) is 11.8 Å². The van der Waals surface area contributed by atoms with Crippen LogP contribution in [-0.2, 0) is 38.3 Å². The normalized spacial score (nSPS) is 23.1. The van der Waals surface area contributed by atoms with E-state index >= 15 is 0 Å². The topological polar surface area (TPSA) is 112 Å². The third kappa shape index (κ3) is 5.64. The zero-order valence-corrected chi connectivity index (χ0v) is 16.3. The van der Waals surface area contributed by atoms with E-state index in [1.54, 1.807) is 12.2 Å². The molecule has 2 aliphatic heterocycles. The molecular weight excluding hydrogens is 372 g/mol. The predicted molar refractivity (Wildman–Crippen MR) is 93.9 cm³/mol. The van der Waals surface area contributed by atoms with Gasteiger partial charge in [0.15, 0.2) is 0 Å². The molecule has 2 atom stereocenters. The molecule has 2 heterocycles. The molecule has 0 saturated carbocycles. The van der Waals surface area contributed by atoms with Crippen molar-refractivity contribution in [1.82, 2.24) is 10.1 Å². The molecule has 0 aromatic carbocycles. The van der Waals surface area contributed by atoms with Crippen LogP contribution in [0.2, 0.25) is 0 Å². The standard InChI is InChI=1S/C18H24N2O8/c1-11-5-13(15(21)25-3)9-19(7-11)27-17(23)18(24)28-20-8-12(2)6-14(10-20)16(22)26-4/h5-6,11-12H,7-10H2,1-4H3/t11-,12-/m0/s1. The predicted octanol–water partition coefficient (Wildman–Crippen LogP) is 0.00500. The van der Waals surface area contributed by atoms with Crippen molar-refractivity contribution >= 4 is 23.9 Å². The first-order valence-corrected chi connectivity index (χ1v) is 8.75. The Balaban J connectivity index is 1.92. The number of hydrogen-bond donors (Lipinski definition) is 0. The van der Waals surface area contributed by atoms with E-state index < -0.39 is 23.9 Å². The van der Waals surface area contributed by atoms with Gasteiger partial charge in [-0.2, -0.15) is 0 Å². The van der Waals surface area contributed by atoms with E-state index in [4.69, 9.17) is 9.68 Å². The molecule has 154 valence electrons. The number of esters is 2. The van der Waals surface area contributed by atoms with Gasteiger partial charge >= 0.3 is 23.9 Å². The summed E-state index contributed by atoms with van der Waals surface area (Å²) in [7, 11) is 2.51. The van der Waals surface area contributed by atoms with E-state index in [0.29, 0.717) is 24.2 Å². The third-order valence-electron chi connectivity index (χ3n) is 4.13. The molecule has 0 amide bonds. The lowest BCUT2D eigenvalue weighted by Crippen LogP contribution is -2.43. The molecular formula is C18H24N2O8. The summed E-state index contributed by atoms with van der Waals surface area (Å²) in [5, 5.41) is 2.41. The molecule has 0 aliphatic carbocycles. The average molecular weight is 396 g/mol. The molecule has 0 spiro atoms. The van der Waals surface area contributed by atoms with Gasteiger partial charge in [-0.05, 0) is 11.8 Å². The van der Waals surface area contributed by atoms with Crippen molar-refractivity contribution in [3.63, 3.8) is 0 Å². The Bertz CT molecular complexity index is 654. The molecule has 2 aliphatic rings. The van der Waals surface area contributed by atoms with Gasteiger partial charge in [-0.15, -0.1) is 10.1 Å². The molecule has 0 aromatic heterocycles. The van der Waals surface area contributed by atoms with Crippen molar-refractivity contribution in [2.45, 2.75) is 13.8 Å². The first-order chi connectivity index (χ1) is 13.2. The smallest absolute Gasteiger partial charge is 0.438 e.